The zero-order valence-corrected chi connectivity index (χ0v) is 35.6. The van der Waals surface area contributed by atoms with Gasteiger partial charge >= 0.3 is 0 Å². The Morgan fingerprint density at radius 3 is 1.80 bits per heavy atom. The van der Waals surface area contributed by atoms with Gasteiger partial charge in [0.15, 0.2) is 17.5 Å². The first-order valence-electron chi connectivity index (χ1n) is 21.9. The van der Waals surface area contributed by atoms with Crippen molar-refractivity contribution in [1.82, 2.24) is 19.9 Å². The molecule has 0 unspecified atom stereocenters. The molecule has 0 saturated heterocycles. The number of furan rings is 1. The second kappa shape index (κ2) is 13.9. The van der Waals surface area contributed by atoms with Crippen LogP contribution in [0.15, 0.2) is 220 Å². The second-order valence-electron chi connectivity index (χ2n) is 16.8. The van der Waals surface area contributed by atoms with Gasteiger partial charge < -0.3 is 4.42 Å². The highest BCUT2D eigenvalue weighted by Crippen LogP contribution is 2.63. The van der Waals surface area contributed by atoms with Gasteiger partial charge in [0.05, 0.1) is 16.6 Å². The van der Waals surface area contributed by atoms with Crippen LogP contribution in [0.3, 0.4) is 0 Å². The van der Waals surface area contributed by atoms with E-state index in [-0.39, 0.29) is 0 Å². The van der Waals surface area contributed by atoms with Crippen molar-refractivity contribution in [3.8, 4) is 56.5 Å². The van der Waals surface area contributed by atoms with Gasteiger partial charge in [0.25, 0.3) is 0 Å². The number of benzene rings is 9. The molecule has 0 fully saturated rings. The van der Waals surface area contributed by atoms with Crippen LogP contribution in [0, 0.1) is 0 Å². The van der Waals surface area contributed by atoms with Crippen molar-refractivity contribution in [3.05, 3.63) is 229 Å². The van der Waals surface area contributed by atoms with Crippen LogP contribution in [0.1, 0.15) is 22.3 Å². The molecule has 0 amide bonds. The Morgan fingerprint density at radius 1 is 0.369 bits per heavy atom. The maximum Gasteiger partial charge on any atom is 0.164 e. The maximum atomic E-state index is 6.31. The Labute approximate surface area is 378 Å². The van der Waals surface area contributed by atoms with Crippen LogP contribution >= 0.6 is 11.8 Å². The van der Waals surface area contributed by atoms with E-state index in [2.05, 4.69) is 146 Å². The van der Waals surface area contributed by atoms with Crippen molar-refractivity contribution in [1.29, 1.82) is 0 Å². The fourth-order valence-electron chi connectivity index (χ4n) is 10.7. The summed E-state index contributed by atoms with van der Waals surface area (Å²) in [5.74, 6) is 1.76. The maximum absolute atomic E-state index is 6.31. The Bertz CT molecular complexity index is 3910. The summed E-state index contributed by atoms with van der Waals surface area (Å²) in [4.78, 5) is 23.6. The van der Waals surface area contributed by atoms with Crippen molar-refractivity contribution in [2.24, 2.45) is 0 Å². The minimum absolute atomic E-state index is 0.483. The molecule has 5 nitrogen and oxygen atoms in total. The zero-order chi connectivity index (χ0) is 42.6. The molecule has 12 aromatic rings. The lowest BCUT2D eigenvalue weighted by Crippen LogP contribution is -2.32. The second-order valence-corrected chi connectivity index (χ2v) is 17.9. The lowest BCUT2D eigenvalue weighted by molar-refractivity contribution is 0.669. The highest BCUT2D eigenvalue weighted by molar-refractivity contribution is 7.99. The van der Waals surface area contributed by atoms with E-state index in [9.17, 15) is 0 Å². The molecule has 1 aliphatic heterocycles. The van der Waals surface area contributed by atoms with E-state index in [1.807, 2.05) is 72.4 Å². The molecule has 6 heteroatoms. The SMILES string of the molecule is c1ccc(-c2nc(-c3cccc(-c4nc5ccccc5c5c6c(ccc45)C4(c5ccccc5S6)c5ccccc5-c5ccccc54)c3)nc(-c3cccc4oc5ccccc5c34)n2)cc1. The molecule has 0 saturated carbocycles. The van der Waals surface area contributed by atoms with Gasteiger partial charge in [0, 0.05) is 59.0 Å². The number of para-hydroxylation sites is 2. The molecule has 0 bridgehead atoms. The largest absolute Gasteiger partial charge is 0.456 e. The van der Waals surface area contributed by atoms with Crippen molar-refractivity contribution >= 4 is 55.4 Å². The number of fused-ring (bicyclic) bond motifs is 16. The first kappa shape index (κ1) is 36.3. The lowest BCUT2D eigenvalue weighted by atomic mass is 9.67. The third kappa shape index (κ3) is 5.23. The van der Waals surface area contributed by atoms with Crippen LogP contribution in [-0.2, 0) is 5.41 Å². The molecule has 1 spiro atoms. The summed E-state index contributed by atoms with van der Waals surface area (Å²) < 4.78 is 6.31. The van der Waals surface area contributed by atoms with Crippen molar-refractivity contribution < 1.29 is 4.42 Å². The van der Waals surface area contributed by atoms with Crippen molar-refractivity contribution in [2.75, 3.05) is 0 Å². The van der Waals surface area contributed by atoms with E-state index in [4.69, 9.17) is 24.4 Å². The lowest BCUT2D eigenvalue weighted by Gasteiger charge is -2.40. The summed E-state index contributed by atoms with van der Waals surface area (Å²) in [6, 6.07) is 73.1. The molecular weight excluding hydrogens is 813 g/mol. The Kier molecular flexibility index (Phi) is 7.77. The first-order valence-corrected chi connectivity index (χ1v) is 22.7. The van der Waals surface area contributed by atoms with E-state index < -0.39 is 5.41 Å². The number of nitrogens with zero attached hydrogens (tertiary/aromatic N) is 4. The van der Waals surface area contributed by atoms with E-state index >= 15 is 0 Å². The van der Waals surface area contributed by atoms with Gasteiger partial charge in [-0.15, -0.1) is 0 Å². The molecule has 65 heavy (non-hydrogen) atoms. The van der Waals surface area contributed by atoms with E-state index in [1.165, 1.54) is 48.6 Å². The third-order valence-corrected chi connectivity index (χ3v) is 14.6. The summed E-state index contributed by atoms with van der Waals surface area (Å²) in [6.07, 6.45) is 0. The normalized spacial score (nSPS) is 13.3. The standard InChI is InChI=1S/C59H34N4OS/c1-2-16-35(17-3-1)56-61-57(63-58(62-56)43-24-15-30-50-52(43)41-23-7-12-29-49(41)64-50)37-19-14-18-36(34-37)54-42-32-33-47-55(53(42)40-22-6-11-28-48(40)60-54)65-51-31-13-10-27-46(51)59(47)44-25-8-4-20-38(44)39-21-5-9-26-45(39)59/h1-34H. The summed E-state index contributed by atoms with van der Waals surface area (Å²) in [6.45, 7) is 0. The molecule has 9 aromatic carbocycles. The highest BCUT2D eigenvalue weighted by atomic mass is 32.2. The van der Waals surface area contributed by atoms with Gasteiger partial charge in [0.1, 0.15) is 11.2 Å². The highest BCUT2D eigenvalue weighted by Gasteiger charge is 2.50. The molecule has 14 rings (SSSR count). The minimum atomic E-state index is -0.483. The predicted molar refractivity (Wildman–Crippen MR) is 263 cm³/mol. The Morgan fingerprint density at radius 2 is 0.969 bits per heavy atom. The van der Waals surface area contributed by atoms with Gasteiger partial charge in [-0.25, -0.2) is 19.9 Å². The minimum Gasteiger partial charge on any atom is -0.456 e. The van der Waals surface area contributed by atoms with Crippen LogP contribution in [0.2, 0.25) is 0 Å². The van der Waals surface area contributed by atoms with E-state index in [1.54, 1.807) is 0 Å². The average molecular weight is 847 g/mol. The summed E-state index contributed by atoms with van der Waals surface area (Å²) in [5, 5.41) is 5.45. The number of hydrogen-bond acceptors (Lipinski definition) is 6. The van der Waals surface area contributed by atoms with Gasteiger partial charge in [-0.2, -0.15) is 0 Å². The molecule has 2 aliphatic rings. The third-order valence-electron chi connectivity index (χ3n) is 13.4. The number of aromatic nitrogens is 4. The average Bonchev–Trinajstić information content (AvgIpc) is 3.90. The molecule has 302 valence electrons. The fourth-order valence-corrected chi connectivity index (χ4v) is 12.0. The molecule has 1 aliphatic carbocycles. The van der Waals surface area contributed by atoms with Gasteiger partial charge in [-0.1, -0.05) is 188 Å². The zero-order valence-electron chi connectivity index (χ0n) is 34.7. The van der Waals surface area contributed by atoms with Crippen molar-refractivity contribution in [3.63, 3.8) is 0 Å². The predicted octanol–water partition coefficient (Wildman–Crippen LogP) is 15.0. The van der Waals surface area contributed by atoms with Crippen LogP contribution in [-0.4, -0.2) is 19.9 Å². The number of pyridine rings is 1. The quantitative estimate of drug-likeness (QED) is 0.164. The van der Waals surface area contributed by atoms with Crippen molar-refractivity contribution in [2.45, 2.75) is 15.2 Å². The molecule has 0 N–H and O–H groups in total. The summed E-state index contributed by atoms with van der Waals surface area (Å²) in [5.41, 5.74) is 14.5. The number of rotatable bonds is 4. The van der Waals surface area contributed by atoms with Crippen LogP contribution in [0.25, 0.3) is 100 Å². The van der Waals surface area contributed by atoms with Crippen LogP contribution in [0.4, 0.5) is 0 Å². The van der Waals surface area contributed by atoms with Gasteiger partial charge in [0.2, 0.25) is 0 Å². The summed E-state index contributed by atoms with van der Waals surface area (Å²) >= 11 is 1.88. The monoisotopic (exact) mass is 846 g/mol. The fraction of sp³-hybridized carbons (Fsp3) is 0.0169. The molecule has 0 atom stereocenters. The number of hydrogen-bond donors (Lipinski definition) is 0. The molecule has 3 aromatic heterocycles. The van der Waals surface area contributed by atoms with Crippen LogP contribution < -0.4 is 0 Å². The molecule has 0 radical (unpaired) electrons. The Hall–Kier alpha value is -8.19. The van der Waals surface area contributed by atoms with Gasteiger partial charge in [-0.3, -0.25) is 0 Å². The van der Waals surface area contributed by atoms with E-state index in [0.717, 1.165) is 66.2 Å². The summed E-state index contributed by atoms with van der Waals surface area (Å²) in [7, 11) is 0. The Balaban J connectivity index is 1.000. The molecular formula is C59H34N4OS. The first-order chi connectivity index (χ1) is 32.2. The van der Waals surface area contributed by atoms with Gasteiger partial charge in [-0.05, 0) is 63.7 Å². The topological polar surface area (TPSA) is 64.7 Å². The smallest absolute Gasteiger partial charge is 0.164 e. The molecule has 4 heterocycles. The van der Waals surface area contributed by atoms with E-state index in [0.29, 0.717) is 17.5 Å². The van der Waals surface area contributed by atoms with Crippen LogP contribution in [0.5, 0.6) is 0 Å².